The summed E-state index contributed by atoms with van der Waals surface area (Å²) in [6.45, 7) is 5.31. The van der Waals surface area contributed by atoms with Gasteiger partial charge in [0.1, 0.15) is 0 Å². The molecule has 1 N–H and O–H groups in total. The van der Waals surface area contributed by atoms with Crippen LogP contribution in [0.15, 0.2) is 0 Å². The van der Waals surface area contributed by atoms with Gasteiger partial charge in [0, 0.05) is 19.5 Å². The molecule has 0 spiro atoms. The van der Waals surface area contributed by atoms with Crippen LogP contribution in [-0.2, 0) is 4.79 Å². The van der Waals surface area contributed by atoms with Gasteiger partial charge >= 0.3 is 0 Å². The average Bonchev–Trinajstić information content (AvgIpc) is 2.45. The monoisotopic (exact) mass is 268 g/mol. The molecular formula is C16H32N2O. The Balaban J connectivity index is 2.07. The predicted molar refractivity (Wildman–Crippen MR) is 81.2 cm³/mol. The van der Waals surface area contributed by atoms with E-state index in [1.54, 1.807) is 0 Å². The third-order valence-corrected chi connectivity index (χ3v) is 4.26. The standard InChI is InChI=1S/C16H32N2O/c1-3-4-5-6-7-8-16(19)18-13-10-15(11-14-18)9-12-17-2/h15,17H,3-14H2,1-2H3. The Kier molecular flexibility index (Phi) is 8.89. The lowest BCUT2D eigenvalue weighted by Gasteiger charge is -2.32. The number of likely N-dealkylation sites (tertiary alicyclic amines) is 1. The van der Waals surface area contributed by atoms with Crippen molar-refractivity contribution in [2.75, 3.05) is 26.7 Å². The number of rotatable bonds is 9. The summed E-state index contributed by atoms with van der Waals surface area (Å²) in [6, 6.07) is 0. The molecule has 0 aromatic heterocycles. The van der Waals surface area contributed by atoms with E-state index in [2.05, 4.69) is 17.1 Å². The molecule has 0 atom stereocenters. The van der Waals surface area contributed by atoms with E-state index >= 15 is 0 Å². The summed E-state index contributed by atoms with van der Waals surface area (Å²) in [5.74, 6) is 1.21. The molecule has 1 fully saturated rings. The number of amides is 1. The Hall–Kier alpha value is -0.570. The Morgan fingerprint density at radius 3 is 2.47 bits per heavy atom. The fourth-order valence-corrected chi connectivity index (χ4v) is 2.86. The van der Waals surface area contributed by atoms with Gasteiger partial charge in [-0.2, -0.15) is 0 Å². The maximum absolute atomic E-state index is 12.1. The zero-order valence-electron chi connectivity index (χ0n) is 12.9. The molecule has 1 rings (SSSR count). The molecule has 3 nitrogen and oxygen atoms in total. The molecule has 0 aromatic rings. The summed E-state index contributed by atoms with van der Waals surface area (Å²) in [6.07, 6.45) is 10.6. The fraction of sp³-hybridized carbons (Fsp3) is 0.938. The van der Waals surface area contributed by atoms with Crippen molar-refractivity contribution in [3.05, 3.63) is 0 Å². The van der Waals surface area contributed by atoms with E-state index in [0.717, 1.165) is 38.4 Å². The van der Waals surface area contributed by atoms with Crippen LogP contribution in [0.1, 0.15) is 64.7 Å². The fourth-order valence-electron chi connectivity index (χ4n) is 2.86. The maximum Gasteiger partial charge on any atom is 0.222 e. The van der Waals surface area contributed by atoms with Crippen molar-refractivity contribution in [1.29, 1.82) is 0 Å². The molecule has 0 aliphatic carbocycles. The Bertz CT molecular complexity index is 235. The number of piperidine rings is 1. The van der Waals surface area contributed by atoms with Crippen LogP contribution in [0.3, 0.4) is 0 Å². The number of hydrogen-bond donors (Lipinski definition) is 1. The summed E-state index contributed by atoms with van der Waals surface area (Å²) < 4.78 is 0. The second kappa shape index (κ2) is 10.2. The molecule has 1 aliphatic rings. The van der Waals surface area contributed by atoms with E-state index in [1.165, 1.54) is 44.9 Å². The summed E-state index contributed by atoms with van der Waals surface area (Å²) in [5.41, 5.74) is 0. The van der Waals surface area contributed by atoms with Gasteiger partial charge in [-0.1, -0.05) is 32.6 Å². The highest BCUT2D eigenvalue weighted by Gasteiger charge is 2.21. The van der Waals surface area contributed by atoms with Crippen LogP contribution in [0.4, 0.5) is 0 Å². The molecule has 1 aliphatic heterocycles. The van der Waals surface area contributed by atoms with Crippen LogP contribution in [0.2, 0.25) is 0 Å². The SMILES string of the molecule is CCCCCCCC(=O)N1CCC(CCNC)CC1. The first-order valence-electron chi connectivity index (χ1n) is 8.20. The largest absolute Gasteiger partial charge is 0.343 e. The molecule has 0 aromatic carbocycles. The molecule has 1 heterocycles. The molecule has 0 bridgehead atoms. The first-order valence-corrected chi connectivity index (χ1v) is 8.20. The molecule has 0 saturated carbocycles. The smallest absolute Gasteiger partial charge is 0.222 e. The van der Waals surface area contributed by atoms with Gasteiger partial charge in [0.05, 0.1) is 0 Å². The first kappa shape index (κ1) is 16.5. The second-order valence-electron chi connectivity index (χ2n) is 5.88. The summed E-state index contributed by atoms with van der Waals surface area (Å²) >= 11 is 0. The summed E-state index contributed by atoms with van der Waals surface area (Å²) in [7, 11) is 2.01. The number of unbranched alkanes of at least 4 members (excludes halogenated alkanes) is 4. The Morgan fingerprint density at radius 1 is 1.16 bits per heavy atom. The number of nitrogens with zero attached hydrogens (tertiary/aromatic N) is 1. The van der Waals surface area contributed by atoms with Gasteiger partial charge in [-0.3, -0.25) is 4.79 Å². The van der Waals surface area contributed by atoms with Gasteiger partial charge in [0.25, 0.3) is 0 Å². The molecule has 0 unspecified atom stereocenters. The predicted octanol–water partition coefficient (Wildman–Crippen LogP) is 3.20. The van der Waals surface area contributed by atoms with Crippen molar-refractivity contribution >= 4 is 5.91 Å². The van der Waals surface area contributed by atoms with Gasteiger partial charge < -0.3 is 10.2 Å². The lowest BCUT2D eigenvalue weighted by molar-refractivity contribution is -0.132. The molecular weight excluding hydrogens is 236 g/mol. The van der Waals surface area contributed by atoms with E-state index in [4.69, 9.17) is 0 Å². The van der Waals surface area contributed by atoms with E-state index < -0.39 is 0 Å². The van der Waals surface area contributed by atoms with Gasteiger partial charge in [-0.05, 0) is 45.2 Å². The summed E-state index contributed by atoms with van der Waals surface area (Å²) in [5, 5.41) is 3.21. The molecule has 112 valence electrons. The van der Waals surface area contributed by atoms with Crippen LogP contribution in [0.5, 0.6) is 0 Å². The Morgan fingerprint density at radius 2 is 1.84 bits per heavy atom. The minimum absolute atomic E-state index is 0.392. The van der Waals surface area contributed by atoms with E-state index in [9.17, 15) is 4.79 Å². The van der Waals surface area contributed by atoms with Crippen LogP contribution in [-0.4, -0.2) is 37.5 Å². The molecule has 1 amide bonds. The van der Waals surface area contributed by atoms with Crippen molar-refractivity contribution < 1.29 is 4.79 Å². The van der Waals surface area contributed by atoms with Gasteiger partial charge in [0.15, 0.2) is 0 Å². The zero-order chi connectivity index (χ0) is 13.9. The van der Waals surface area contributed by atoms with E-state index in [0.29, 0.717) is 5.91 Å². The van der Waals surface area contributed by atoms with Crippen molar-refractivity contribution in [1.82, 2.24) is 10.2 Å². The lowest BCUT2D eigenvalue weighted by Crippen LogP contribution is -2.38. The van der Waals surface area contributed by atoms with E-state index in [1.807, 2.05) is 7.05 Å². The minimum Gasteiger partial charge on any atom is -0.343 e. The van der Waals surface area contributed by atoms with Gasteiger partial charge in [-0.15, -0.1) is 0 Å². The van der Waals surface area contributed by atoms with Gasteiger partial charge in [-0.25, -0.2) is 0 Å². The van der Waals surface area contributed by atoms with Crippen LogP contribution < -0.4 is 5.32 Å². The maximum atomic E-state index is 12.1. The van der Waals surface area contributed by atoms with Gasteiger partial charge in [0.2, 0.25) is 5.91 Å². The number of hydrogen-bond acceptors (Lipinski definition) is 2. The third-order valence-electron chi connectivity index (χ3n) is 4.26. The minimum atomic E-state index is 0.392. The molecule has 0 radical (unpaired) electrons. The highest BCUT2D eigenvalue weighted by Crippen LogP contribution is 2.21. The average molecular weight is 268 g/mol. The molecule has 19 heavy (non-hydrogen) atoms. The van der Waals surface area contributed by atoms with Crippen LogP contribution in [0, 0.1) is 5.92 Å². The quantitative estimate of drug-likeness (QED) is 0.651. The number of carbonyl (C=O) groups excluding carboxylic acids is 1. The lowest BCUT2D eigenvalue weighted by atomic mass is 9.93. The van der Waals surface area contributed by atoms with Crippen LogP contribution >= 0.6 is 0 Å². The first-order chi connectivity index (χ1) is 9.27. The highest BCUT2D eigenvalue weighted by atomic mass is 16.2. The van der Waals surface area contributed by atoms with Crippen molar-refractivity contribution in [2.24, 2.45) is 5.92 Å². The van der Waals surface area contributed by atoms with Crippen molar-refractivity contribution in [3.63, 3.8) is 0 Å². The number of carbonyl (C=O) groups is 1. The van der Waals surface area contributed by atoms with Crippen molar-refractivity contribution in [3.8, 4) is 0 Å². The Labute approximate surface area is 119 Å². The summed E-state index contributed by atoms with van der Waals surface area (Å²) in [4.78, 5) is 14.2. The van der Waals surface area contributed by atoms with Crippen molar-refractivity contribution in [2.45, 2.75) is 64.7 Å². The van der Waals surface area contributed by atoms with Crippen LogP contribution in [0.25, 0.3) is 0 Å². The normalized spacial score (nSPS) is 16.8. The highest BCUT2D eigenvalue weighted by molar-refractivity contribution is 5.76. The molecule has 1 saturated heterocycles. The zero-order valence-corrected chi connectivity index (χ0v) is 12.9. The number of nitrogens with one attached hydrogen (secondary N) is 1. The van der Waals surface area contributed by atoms with E-state index in [-0.39, 0.29) is 0 Å². The topological polar surface area (TPSA) is 32.3 Å². The molecule has 3 heteroatoms. The second-order valence-corrected chi connectivity index (χ2v) is 5.88. The third kappa shape index (κ3) is 6.95.